The second-order valence-electron chi connectivity index (χ2n) is 4.50. The molecule has 2 unspecified atom stereocenters. The molecule has 0 amide bonds. The van der Waals surface area contributed by atoms with Crippen LogP contribution in [0.25, 0.3) is 0 Å². The number of rotatable bonds is 3. The van der Waals surface area contributed by atoms with Crippen molar-refractivity contribution in [2.75, 3.05) is 33.3 Å². The molecule has 4 heteroatoms. The largest absolute Gasteiger partial charge is 0.372 e. The molecule has 0 aromatic carbocycles. The third kappa shape index (κ3) is 2.42. The summed E-state index contributed by atoms with van der Waals surface area (Å²) in [4.78, 5) is 2.21. The molecule has 1 aliphatic heterocycles. The van der Waals surface area contributed by atoms with Gasteiger partial charge >= 0.3 is 0 Å². The third-order valence-corrected chi connectivity index (χ3v) is 3.63. The molecule has 17 heavy (non-hydrogen) atoms. The number of piperazine rings is 1. The molecule has 1 N–H and O–H groups in total. The van der Waals surface area contributed by atoms with E-state index >= 15 is 0 Å². The van der Waals surface area contributed by atoms with E-state index in [0.717, 1.165) is 26.1 Å². The first-order valence-corrected chi connectivity index (χ1v) is 6.03. The van der Waals surface area contributed by atoms with Crippen LogP contribution in [0.1, 0.15) is 6.42 Å². The maximum absolute atomic E-state index is 8.91. The van der Waals surface area contributed by atoms with Crippen molar-refractivity contribution < 1.29 is 4.74 Å². The Kier molecular flexibility index (Phi) is 3.95. The average molecular weight is 233 g/mol. The predicted octanol–water partition coefficient (Wildman–Crippen LogP) is 0.685. The standard InChI is InChI=1S/C13H19N3O/c1-17-13(5-3-2-4-6-13)12-11-15-8-10-16(12)9-7-14/h2-5,12,15H,6,8-11H2,1H3. The number of allylic oxidation sites excluding steroid dienone is 2. The fourth-order valence-corrected chi connectivity index (χ4v) is 2.66. The van der Waals surface area contributed by atoms with Crippen LogP contribution < -0.4 is 5.32 Å². The zero-order valence-electron chi connectivity index (χ0n) is 10.2. The van der Waals surface area contributed by atoms with E-state index in [1.807, 2.05) is 12.2 Å². The lowest BCUT2D eigenvalue weighted by Crippen LogP contribution is -2.62. The van der Waals surface area contributed by atoms with Crippen molar-refractivity contribution in [3.63, 3.8) is 0 Å². The molecular formula is C13H19N3O. The Morgan fingerprint density at radius 3 is 3.12 bits per heavy atom. The van der Waals surface area contributed by atoms with Gasteiger partial charge in [0.15, 0.2) is 0 Å². The minimum Gasteiger partial charge on any atom is -0.372 e. The lowest BCUT2D eigenvalue weighted by molar-refractivity contribution is -0.0470. The van der Waals surface area contributed by atoms with Crippen LogP contribution in [0.3, 0.4) is 0 Å². The van der Waals surface area contributed by atoms with E-state index in [9.17, 15) is 0 Å². The quantitative estimate of drug-likeness (QED) is 0.728. The molecule has 0 radical (unpaired) electrons. The Balaban J connectivity index is 2.19. The van der Waals surface area contributed by atoms with E-state index in [-0.39, 0.29) is 11.6 Å². The maximum atomic E-state index is 8.91. The van der Waals surface area contributed by atoms with Gasteiger partial charge in [-0.3, -0.25) is 4.90 Å². The van der Waals surface area contributed by atoms with E-state index in [1.54, 1.807) is 7.11 Å². The first-order chi connectivity index (χ1) is 8.32. The minimum absolute atomic E-state index is 0.224. The fourth-order valence-electron chi connectivity index (χ4n) is 2.66. The average Bonchev–Trinajstić information content (AvgIpc) is 2.40. The molecule has 2 atom stereocenters. The highest BCUT2D eigenvalue weighted by molar-refractivity contribution is 5.22. The summed E-state index contributed by atoms with van der Waals surface area (Å²) < 4.78 is 5.77. The second-order valence-corrected chi connectivity index (χ2v) is 4.50. The summed E-state index contributed by atoms with van der Waals surface area (Å²) in [6.45, 7) is 3.18. The van der Waals surface area contributed by atoms with Gasteiger partial charge in [0.2, 0.25) is 0 Å². The summed E-state index contributed by atoms with van der Waals surface area (Å²) in [6, 6.07) is 2.47. The summed E-state index contributed by atoms with van der Waals surface area (Å²) in [7, 11) is 1.75. The van der Waals surface area contributed by atoms with Crippen LogP contribution in [-0.2, 0) is 4.74 Å². The molecule has 0 saturated carbocycles. The lowest BCUT2D eigenvalue weighted by Gasteiger charge is -2.46. The molecule has 1 aliphatic carbocycles. The van der Waals surface area contributed by atoms with Crippen LogP contribution in [0.4, 0.5) is 0 Å². The molecule has 0 aromatic heterocycles. The fraction of sp³-hybridized carbons (Fsp3) is 0.615. The van der Waals surface area contributed by atoms with Crippen molar-refractivity contribution >= 4 is 0 Å². The van der Waals surface area contributed by atoms with Crippen LogP contribution in [0.2, 0.25) is 0 Å². The number of ether oxygens (including phenoxy) is 1. The molecule has 1 saturated heterocycles. The predicted molar refractivity (Wildman–Crippen MR) is 66.5 cm³/mol. The summed E-state index contributed by atoms with van der Waals surface area (Å²) in [6.07, 6.45) is 9.19. The second kappa shape index (κ2) is 5.46. The van der Waals surface area contributed by atoms with E-state index < -0.39 is 0 Å². The minimum atomic E-state index is -0.293. The van der Waals surface area contributed by atoms with Gasteiger partial charge < -0.3 is 10.1 Å². The summed E-state index contributed by atoms with van der Waals surface area (Å²) in [5.74, 6) is 0. The van der Waals surface area contributed by atoms with Gasteiger partial charge in [-0.15, -0.1) is 0 Å². The SMILES string of the molecule is COC1(C2CNCCN2CC#N)C=CC=CC1. The third-order valence-electron chi connectivity index (χ3n) is 3.63. The van der Waals surface area contributed by atoms with Gasteiger partial charge in [0.05, 0.1) is 18.7 Å². The van der Waals surface area contributed by atoms with Crippen molar-refractivity contribution in [3.05, 3.63) is 24.3 Å². The highest BCUT2D eigenvalue weighted by atomic mass is 16.5. The Labute approximate surface area is 103 Å². The van der Waals surface area contributed by atoms with Crippen LogP contribution in [0.5, 0.6) is 0 Å². The first kappa shape index (κ1) is 12.3. The van der Waals surface area contributed by atoms with E-state index in [4.69, 9.17) is 10.00 Å². The van der Waals surface area contributed by atoms with Crippen molar-refractivity contribution in [2.24, 2.45) is 0 Å². The molecule has 4 nitrogen and oxygen atoms in total. The monoisotopic (exact) mass is 233 g/mol. The molecule has 92 valence electrons. The highest BCUT2D eigenvalue weighted by Gasteiger charge is 2.41. The number of hydrogen-bond acceptors (Lipinski definition) is 4. The Morgan fingerprint density at radius 1 is 1.59 bits per heavy atom. The lowest BCUT2D eigenvalue weighted by atomic mass is 9.85. The van der Waals surface area contributed by atoms with Crippen LogP contribution in [0.15, 0.2) is 24.3 Å². The zero-order valence-corrected chi connectivity index (χ0v) is 10.2. The van der Waals surface area contributed by atoms with Crippen molar-refractivity contribution in [1.29, 1.82) is 5.26 Å². The normalized spacial score (nSPS) is 33.5. The van der Waals surface area contributed by atoms with Gasteiger partial charge in [-0.05, 0) is 6.42 Å². The van der Waals surface area contributed by atoms with Crippen LogP contribution in [-0.4, -0.2) is 49.8 Å². The number of hydrogen-bond donors (Lipinski definition) is 1. The molecular weight excluding hydrogens is 214 g/mol. The molecule has 0 spiro atoms. The number of nitrogens with one attached hydrogen (secondary N) is 1. The summed E-state index contributed by atoms with van der Waals surface area (Å²) in [5.41, 5.74) is -0.293. The number of methoxy groups -OCH3 is 1. The van der Waals surface area contributed by atoms with Gasteiger partial charge in [-0.1, -0.05) is 24.3 Å². The Hall–Kier alpha value is -1.15. The molecule has 2 rings (SSSR count). The van der Waals surface area contributed by atoms with E-state index in [0.29, 0.717) is 6.54 Å². The number of nitriles is 1. The van der Waals surface area contributed by atoms with Gasteiger partial charge in [0.25, 0.3) is 0 Å². The van der Waals surface area contributed by atoms with Gasteiger partial charge in [-0.25, -0.2) is 0 Å². The molecule has 0 bridgehead atoms. The topological polar surface area (TPSA) is 48.3 Å². The van der Waals surface area contributed by atoms with E-state index in [1.165, 1.54) is 0 Å². The van der Waals surface area contributed by atoms with E-state index in [2.05, 4.69) is 28.4 Å². The van der Waals surface area contributed by atoms with Gasteiger partial charge in [0.1, 0.15) is 5.60 Å². The summed E-state index contributed by atoms with van der Waals surface area (Å²) >= 11 is 0. The Morgan fingerprint density at radius 2 is 2.47 bits per heavy atom. The van der Waals surface area contributed by atoms with Gasteiger partial charge in [0, 0.05) is 26.7 Å². The van der Waals surface area contributed by atoms with Crippen molar-refractivity contribution in [3.8, 4) is 6.07 Å². The maximum Gasteiger partial charge on any atom is 0.106 e. The molecule has 0 aromatic rings. The van der Waals surface area contributed by atoms with Gasteiger partial charge in [-0.2, -0.15) is 5.26 Å². The van der Waals surface area contributed by atoms with Crippen LogP contribution >= 0.6 is 0 Å². The number of nitrogens with zero attached hydrogens (tertiary/aromatic N) is 2. The highest BCUT2D eigenvalue weighted by Crippen LogP contribution is 2.29. The zero-order chi connectivity index (χ0) is 12.1. The molecule has 1 heterocycles. The molecule has 1 fully saturated rings. The Bertz CT molecular complexity index is 358. The van der Waals surface area contributed by atoms with Crippen molar-refractivity contribution in [1.82, 2.24) is 10.2 Å². The summed E-state index contributed by atoms with van der Waals surface area (Å²) in [5, 5.41) is 12.3. The first-order valence-electron chi connectivity index (χ1n) is 6.03. The smallest absolute Gasteiger partial charge is 0.106 e. The molecule has 2 aliphatic rings. The van der Waals surface area contributed by atoms with Crippen molar-refractivity contribution in [2.45, 2.75) is 18.1 Å². The van der Waals surface area contributed by atoms with Crippen LogP contribution in [0, 0.1) is 11.3 Å².